The lowest BCUT2D eigenvalue weighted by molar-refractivity contribution is -0.132. The topological polar surface area (TPSA) is 64.2 Å². The van der Waals surface area contributed by atoms with Gasteiger partial charge in [-0.25, -0.2) is 4.98 Å². The van der Waals surface area contributed by atoms with Gasteiger partial charge in [0.1, 0.15) is 11.6 Å². The van der Waals surface area contributed by atoms with E-state index in [2.05, 4.69) is 34.8 Å². The molecule has 1 aliphatic heterocycles. The highest BCUT2D eigenvalue weighted by Gasteiger charge is 2.26. The molecule has 2 aromatic rings. The predicted molar refractivity (Wildman–Crippen MR) is 95.5 cm³/mol. The zero-order valence-electron chi connectivity index (χ0n) is 15.7. The van der Waals surface area contributed by atoms with Crippen molar-refractivity contribution in [3.8, 4) is 0 Å². The molecule has 1 amide bonds. The number of piperidine rings is 1. The molecule has 1 aliphatic rings. The summed E-state index contributed by atoms with van der Waals surface area (Å²) in [7, 11) is 0. The van der Waals surface area contributed by atoms with Gasteiger partial charge in [0, 0.05) is 43.4 Å². The summed E-state index contributed by atoms with van der Waals surface area (Å²) in [5.41, 5.74) is 1.96. The summed E-state index contributed by atoms with van der Waals surface area (Å²) in [5, 5.41) is 3.97. The van der Waals surface area contributed by atoms with Crippen molar-refractivity contribution in [1.29, 1.82) is 0 Å². The first-order valence-corrected chi connectivity index (χ1v) is 9.19. The molecule has 1 atom stereocenters. The van der Waals surface area contributed by atoms with Crippen LogP contribution < -0.4 is 0 Å². The number of nitrogens with zero attached hydrogens (tertiary/aromatic N) is 4. The van der Waals surface area contributed by atoms with E-state index in [0.29, 0.717) is 24.8 Å². The maximum Gasteiger partial charge on any atom is 0.222 e. The first-order valence-electron chi connectivity index (χ1n) is 9.19. The predicted octanol–water partition coefficient (Wildman–Crippen LogP) is 3.41. The van der Waals surface area contributed by atoms with E-state index in [1.165, 1.54) is 0 Å². The van der Waals surface area contributed by atoms with Gasteiger partial charge in [0.2, 0.25) is 5.91 Å². The summed E-state index contributed by atoms with van der Waals surface area (Å²) >= 11 is 0. The third-order valence-electron chi connectivity index (χ3n) is 5.13. The van der Waals surface area contributed by atoms with Crippen LogP contribution in [-0.4, -0.2) is 38.6 Å². The van der Waals surface area contributed by atoms with Crippen LogP contribution in [0.1, 0.15) is 67.9 Å². The van der Waals surface area contributed by atoms with Crippen molar-refractivity contribution < 1.29 is 9.32 Å². The Hall–Kier alpha value is -2.11. The van der Waals surface area contributed by atoms with Crippen LogP contribution in [-0.2, 0) is 11.2 Å². The molecule has 6 heteroatoms. The molecule has 2 aromatic heterocycles. The molecule has 25 heavy (non-hydrogen) atoms. The smallest absolute Gasteiger partial charge is 0.222 e. The van der Waals surface area contributed by atoms with E-state index in [4.69, 9.17) is 4.52 Å². The van der Waals surface area contributed by atoms with Crippen molar-refractivity contribution in [2.45, 2.75) is 65.3 Å². The van der Waals surface area contributed by atoms with E-state index >= 15 is 0 Å². The van der Waals surface area contributed by atoms with E-state index < -0.39 is 0 Å². The molecular weight excluding hydrogens is 316 g/mol. The summed E-state index contributed by atoms with van der Waals surface area (Å²) in [4.78, 5) is 19.2. The summed E-state index contributed by atoms with van der Waals surface area (Å²) < 4.78 is 7.45. The van der Waals surface area contributed by atoms with E-state index in [-0.39, 0.29) is 5.91 Å². The number of amides is 1. The highest BCUT2D eigenvalue weighted by atomic mass is 16.5. The zero-order chi connectivity index (χ0) is 18.0. The van der Waals surface area contributed by atoms with Crippen LogP contribution in [0.25, 0.3) is 0 Å². The van der Waals surface area contributed by atoms with Gasteiger partial charge in [0.05, 0.1) is 11.7 Å². The SMILES string of the molecule is Cc1noc(C)c1CCC(=O)N1CCC[C@H](n2ccnc2C(C)C)C1. The summed E-state index contributed by atoms with van der Waals surface area (Å²) in [6, 6.07) is 0.330. The molecule has 3 rings (SSSR count). The van der Waals surface area contributed by atoms with Gasteiger partial charge in [-0.15, -0.1) is 0 Å². The first-order chi connectivity index (χ1) is 12.0. The Morgan fingerprint density at radius 2 is 2.20 bits per heavy atom. The Labute approximate surface area is 149 Å². The summed E-state index contributed by atoms with van der Waals surface area (Å²) in [5.74, 6) is 2.54. The lowest BCUT2D eigenvalue weighted by Crippen LogP contribution is -2.41. The number of rotatable bonds is 5. The Morgan fingerprint density at radius 3 is 2.88 bits per heavy atom. The summed E-state index contributed by atoms with van der Waals surface area (Å²) in [6.07, 6.45) is 7.27. The van der Waals surface area contributed by atoms with Crippen molar-refractivity contribution in [3.63, 3.8) is 0 Å². The van der Waals surface area contributed by atoms with E-state index in [9.17, 15) is 4.79 Å². The number of carbonyl (C=O) groups excluding carboxylic acids is 1. The number of aromatic nitrogens is 3. The lowest BCUT2D eigenvalue weighted by atomic mass is 10.0. The van der Waals surface area contributed by atoms with Crippen LogP contribution in [0.2, 0.25) is 0 Å². The first kappa shape index (κ1) is 17.7. The molecule has 136 valence electrons. The van der Waals surface area contributed by atoms with E-state index in [1.54, 1.807) is 0 Å². The maximum absolute atomic E-state index is 12.7. The van der Waals surface area contributed by atoms with Crippen LogP contribution >= 0.6 is 0 Å². The summed E-state index contributed by atoms with van der Waals surface area (Å²) in [6.45, 7) is 9.78. The molecule has 0 aromatic carbocycles. The van der Waals surface area contributed by atoms with Gasteiger partial charge >= 0.3 is 0 Å². The van der Waals surface area contributed by atoms with E-state index in [0.717, 1.165) is 48.8 Å². The minimum Gasteiger partial charge on any atom is -0.361 e. The highest BCUT2D eigenvalue weighted by molar-refractivity contribution is 5.76. The highest BCUT2D eigenvalue weighted by Crippen LogP contribution is 2.26. The Morgan fingerprint density at radius 1 is 1.40 bits per heavy atom. The number of aryl methyl sites for hydroxylation is 2. The average molecular weight is 344 g/mol. The van der Waals surface area contributed by atoms with Gasteiger partial charge in [0.15, 0.2) is 0 Å². The van der Waals surface area contributed by atoms with Crippen LogP contribution in [0.4, 0.5) is 0 Å². The molecule has 0 saturated carbocycles. The van der Waals surface area contributed by atoms with Gasteiger partial charge in [-0.3, -0.25) is 4.79 Å². The van der Waals surface area contributed by atoms with Gasteiger partial charge in [-0.1, -0.05) is 19.0 Å². The second-order valence-corrected chi connectivity index (χ2v) is 7.29. The van der Waals surface area contributed by atoms with Crippen LogP contribution in [0, 0.1) is 13.8 Å². The molecule has 1 fully saturated rings. The second kappa shape index (κ2) is 7.42. The van der Waals surface area contributed by atoms with Crippen molar-refractivity contribution in [2.75, 3.05) is 13.1 Å². The Kier molecular flexibility index (Phi) is 5.25. The van der Waals surface area contributed by atoms with Crippen molar-refractivity contribution in [1.82, 2.24) is 19.6 Å². The molecule has 0 radical (unpaired) electrons. The molecule has 3 heterocycles. The zero-order valence-corrected chi connectivity index (χ0v) is 15.7. The third-order valence-corrected chi connectivity index (χ3v) is 5.13. The maximum atomic E-state index is 12.7. The molecular formula is C19H28N4O2. The number of hydrogen-bond donors (Lipinski definition) is 0. The number of hydrogen-bond acceptors (Lipinski definition) is 4. The van der Waals surface area contributed by atoms with Crippen molar-refractivity contribution >= 4 is 5.91 Å². The van der Waals surface area contributed by atoms with E-state index in [1.807, 2.05) is 24.9 Å². The fourth-order valence-electron chi connectivity index (χ4n) is 3.74. The molecule has 0 aliphatic carbocycles. The number of likely N-dealkylation sites (tertiary alicyclic amines) is 1. The Balaban J connectivity index is 1.63. The van der Waals surface area contributed by atoms with Gasteiger partial charge in [0.25, 0.3) is 0 Å². The minimum atomic E-state index is 0.218. The normalized spacial score (nSPS) is 18.1. The Bertz CT molecular complexity index is 712. The fraction of sp³-hybridized carbons (Fsp3) is 0.632. The van der Waals surface area contributed by atoms with Crippen LogP contribution in [0.5, 0.6) is 0 Å². The second-order valence-electron chi connectivity index (χ2n) is 7.29. The minimum absolute atomic E-state index is 0.218. The molecule has 0 spiro atoms. The van der Waals surface area contributed by atoms with Gasteiger partial charge < -0.3 is 14.0 Å². The fourth-order valence-corrected chi connectivity index (χ4v) is 3.74. The van der Waals surface area contributed by atoms with Gasteiger partial charge in [-0.2, -0.15) is 0 Å². The number of imidazole rings is 1. The van der Waals surface area contributed by atoms with Gasteiger partial charge in [-0.05, 0) is 33.1 Å². The lowest BCUT2D eigenvalue weighted by Gasteiger charge is -2.34. The van der Waals surface area contributed by atoms with Crippen LogP contribution in [0.3, 0.4) is 0 Å². The molecule has 0 N–H and O–H groups in total. The molecule has 1 saturated heterocycles. The molecule has 6 nitrogen and oxygen atoms in total. The number of carbonyl (C=O) groups is 1. The standard InChI is InChI=1S/C19H28N4O2/c1-13(2)19-20-9-11-23(19)16-6-5-10-22(12-16)18(24)8-7-17-14(3)21-25-15(17)4/h9,11,13,16H,5-8,10,12H2,1-4H3/t16-/m0/s1. The molecule has 0 unspecified atom stereocenters. The molecule has 0 bridgehead atoms. The quantitative estimate of drug-likeness (QED) is 0.834. The van der Waals surface area contributed by atoms with Crippen molar-refractivity contribution in [3.05, 3.63) is 35.2 Å². The van der Waals surface area contributed by atoms with Crippen molar-refractivity contribution in [2.24, 2.45) is 0 Å². The monoisotopic (exact) mass is 344 g/mol. The largest absolute Gasteiger partial charge is 0.361 e. The third kappa shape index (κ3) is 3.78. The van der Waals surface area contributed by atoms with Crippen LogP contribution in [0.15, 0.2) is 16.9 Å². The average Bonchev–Trinajstić information content (AvgIpc) is 3.21.